The van der Waals surface area contributed by atoms with E-state index < -0.39 is 22.2 Å². The molecule has 1 saturated carbocycles. The Morgan fingerprint density at radius 3 is 2.10 bits per heavy atom. The highest BCUT2D eigenvalue weighted by Gasteiger charge is 3.02. The third-order valence-electron chi connectivity index (χ3n) is 5.13. The Morgan fingerprint density at radius 1 is 1.14 bits per heavy atom. The Morgan fingerprint density at radius 2 is 1.71 bits per heavy atom. The molecule has 1 fully saturated rings. The van der Waals surface area contributed by atoms with Crippen molar-refractivity contribution < 1.29 is 14.5 Å². The Balaban J connectivity index is 2.69. The van der Waals surface area contributed by atoms with Crippen LogP contribution in [0.4, 0.5) is 0 Å². The van der Waals surface area contributed by atoms with E-state index in [2.05, 4.69) is 17.1 Å². The van der Waals surface area contributed by atoms with Gasteiger partial charge in [0.05, 0.1) is 25.4 Å². The molecule has 0 aromatic carbocycles. The Bertz CT molecular complexity index is 555. The van der Waals surface area contributed by atoms with Gasteiger partial charge in [-0.3, -0.25) is 5.73 Å². The Hall–Kier alpha value is -1.63. The van der Waals surface area contributed by atoms with E-state index in [1.807, 2.05) is 27.7 Å². The molecule has 0 saturated heterocycles. The largest absolute Gasteiger partial charge is 0.343 e. The summed E-state index contributed by atoms with van der Waals surface area (Å²) >= 11 is 0. The summed E-state index contributed by atoms with van der Waals surface area (Å²) in [5.41, 5.74) is 3.35. The number of fused-ring (bicyclic) bond motifs is 1. The van der Waals surface area contributed by atoms with Crippen molar-refractivity contribution in [3.8, 4) is 12.1 Å². The molecular formula is C15H23N4O2+. The molecule has 2 aliphatic rings. The molecule has 0 aromatic heterocycles. The lowest BCUT2D eigenvalue weighted by Crippen LogP contribution is -2.91. The van der Waals surface area contributed by atoms with Gasteiger partial charge in [-0.25, -0.2) is 4.99 Å². The SMILES string of the molecule is CCC[C@]1(C)[C@]2(C#N)C(N)=[NH+]C(OCC)(OCC)[C@]12C#N. The molecule has 1 heterocycles. The number of nitrogens with one attached hydrogen (secondary N) is 1. The number of nitrogens with two attached hydrogens (primary N) is 1. The van der Waals surface area contributed by atoms with Gasteiger partial charge >= 0.3 is 5.91 Å². The number of amidine groups is 1. The van der Waals surface area contributed by atoms with Gasteiger partial charge in [0.25, 0.3) is 5.84 Å². The molecule has 6 nitrogen and oxygen atoms in total. The highest BCUT2D eigenvalue weighted by molar-refractivity contribution is 5.94. The fourth-order valence-electron chi connectivity index (χ4n) is 4.42. The van der Waals surface area contributed by atoms with Gasteiger partial charge in [0.15, 0.2) is 10.8 Å². The van der Waals surface area contributed by atoms with Crippen molar-refractivity contribution >= 4 is 5.84 Å². The molecular weight excluding hydrogens is 268 g/mol. The van der Waals surface area contributed by atoms with E-state index in [0.717, 1.165) is 6.42 Å². The molecule has 21 heavy (non-hydrogen) atoms. The lowest BCUT2D eigenvalue weighted by atomic mass is 9.87. The van der Waals surface area contributed by atoms with Gasteiger partial charge < -0.3 is 9.47 Å². The van der Waals surface area contributed by atoms with Crippen molar-refractivity contribution in [1.29, 1.82) is 10.5 Å². The third-order valence-corrected chi connectivity index (χ3v) is 5.13. The van der Waals surface area contributed by atoms with Crippen LogP contribution in [0.2, 0.25) is 0 Å². The second-order valence-corrected chi connectivity index (χ2v) is 5.83. The van der Waals surface area contributed by atoms with Crippen LogP contribution in [0, 0.1) is 38.9 Å². The molecule has 1 aliphatic heterocycles. The van der Waals surface area contributed by atoms with Gasteiger partial charge in [0.1, 0.15) is 0 Å². The van der Waals surface area contributed by atoms with E-state index in [-0.39, 0.29) is 5.84 Å². The summed E-state index contributed by atoms with van der Waals surface area (Å²) in [4.78, 5) is 2.97. The molecule has 0 spiro atoms. The van der Waals surface area contributed by atoms with E-state index in [4.69, 9.17) is 15.2 Å². The summed E-state index contributed by atoms with van der Waals surface area (Å²) in [6.45, 7) is 8.33. The molecule has 3 atom stereocenters. The summed E-state index contributed by atoms with van der Waals surface area (Å²) in [5.74, 6) is -1.07. The quantitative estimate of drug-likeness (QED) is 0.670. The van der Waals surface area contributed by atoms with Crippen LogP contribution < -0.4 is 10.7 Å². The molecule has 0 bridgehead atoms. The van der Waals surface area contributed by atoms with Crippen LogP contribution in [-0.2, 0) is 9.47 Å². The fourth-order valence-corrected chi connectivity index (χ4v) is 4.42. The summed E-state index contributed by atoms with van der Waals surface area (Å²) in [7, 11) is 0. The highest BCUT2D eigenvalue weighted by Crippen LogP contribution is 2.83. The zero-order valence-electron chi connectivity index (χ0n) is 13.1. The monoisotopic (exact) mass is 291 g/mol. The third kappa shape index (κ3) is 1.31. The summed E-state index contributed by atoms with van der Waals surface area (Å²) in [5, 5.41) is 19.8. The van der Waals surface area contributed by atoms with Gasteiger partial charge in [-0.15, -0.1) is 0 Å². The van der Waals surface area contributed by atoms with Crippen molar-refractivity contribution in [1.82, 2.24) is 0 Å². The number of nitrogens with zero attached hydrogens (tertiary/aromatic N) is 2. The average Bonchev–Trinajstić information content (AvgIpc) is 2.83. The first-order chi connectivity index (χ1) is 9.93. The first-order valence-corrected chi connectivity index (χ1v) is 7.45. The van der Waals surface area contributed by atoms with E-state index >= 15 is 0 Å². The molecule has 2 rings (SSSR count). The second-order valence-electron chi connectivity index (χ2n) is 5.83. The summed E-state index contributed by atoms with van der Waals surface area (Å²) in [6.07, 6.45) is 1.56. The van der Waals surface area contributed by atoms with Crippen molar-refractivity contribution in [3.05, 3.63) is 0 Å². The van der Waals surface area contributed by atoms with Crippen LogP contribution in [0.5, 0.6) is 0 Å². The average molecular weight is 291 g/mol. The van der Waals surface area contributed by atoms with Crippen LogP contribution >= 0.6 is 0 Å². The Kier molecular flexibility index (Phi) is 3.52. The Labute approximate surface area is 125 Å². The van der Waals surface area contributed by atoms with Gasteiger partial charge in [0.2, 0.25) is 0 Å². The number of nitriles is 2. The van der Waals surface area contributed by atoms with Crippen LogP contribution in [0.25, 0.3) is 0 Å². The molecule has 0 amide bonds. The van der Waals surface area contributed by atoms with E-state index in [1.165, 1.54) is 0 Å². The first-order valence-electron chi connectivity index (χ1n) is 7.45. The predicted octanol–water partition coefficient (Wildman–Crippen LogP) is 0.00456. The van der Waals surface area contributed by atoms with Crippen LogP contribution in [0.15, 0.2) is 0 Å². The minimum absolute atomic E-state index is 0.282. The van der Waals surface area contributed by atoms with Crippen molar-refractivity contribution in [2.75, 3.05) is 13.2 Å². The van der Waals surface area contributed by atoms with Crippen LogP contribution in [0.3, 0.4) is 0 Å². The van der Waals surface area contributed by atoms with Gasteiger partial charge in [-0.2, -0.15) is 10.5 Å². The lowest BCUT2D eigenvalue weighted by Gasteiger charge is -2.31. The maximum atomic E-state index is 9.96. The molecule has 0 radical (unpaired) electrons. The maximum absolute atomic E-state index is 9.96. The maximum Gasteiger partial charge on any atom is 0.343 e. The first kappa shape index (κ1) is 15.8. The number of hydrogen-bond donors (Lipinski definition) is 2. The highest BCUT2D eigenvalue weighted by atomic mass is 16.7. The lowest BCUT2D eigenvalue weighted by molar-refractivity contribution is -0.695. The summed E-state index contributed by atoms with van der Waals surface area (Å²) in [6, 6.07) is 4.63. The zero-order chi connectivity index (χ0) is 15.9. The van der Waals surface area contributed by atoms with E-state index in [1.54, 1.807) is 0 Å². The van der Waals surface area contributed by atoms with Crippen LogP contribution in [0.1, 0.15) is 40.5 Å². The molecule has 0 aromatic rings. The number of ether oxygens (including phenoxy) is 2. The predicted molar refractivity (Wildman–Crippen MR) is 75.2 cm³/mol. The topological polar surface area (TPSA) is 106 Å². The van der Waals surface area contributed by atoms with E-state index in [9.17, 15) is 10.5 Å². The molecule has 114 valence electrons. The zero-order valence-corrected chi connectivity index (χ0v) is 13.1. The molecule has 1 aliphatic carbocycles. The van der Waals surface area contributed by atoms with Crippen molar-refractivity contribution in [2.45, 2.75) is 46.4 Å². The minimum Gasteiger partial charge on any atom is -0.314 e. The number of rotatable bonds is 6. The molecule has 3 N–H and O–H groups in total. The van der Waals surface area contributed by atoms with Crippen LogP contribution in [-0.4, -0.2) is 25.0 Å². The smallest absolute Gasteiger partial charge is 0.314 e. The number of hydrogen-bond acceptors (Lipinski definition) is 5. The summed E-state index contributed by atoms with van der Waals surface area (Å²) < 4.78 is 11.6. The van der Waals surface area contributed by atoms with Gasteiger partial charge in [-0.05, 0) is 20.3 Å². The minimum atomic E-state index is -1.35. The van der Waals surface area contributed by atoms with Gasteiger partial charge in [0, 0.05) is 5.41 Å². The molecule has 0 unspecified atom stereocenters. The van der Waals surface area contributed by atoms with Crippen molar-refractivity contribution in [3.63, 3.8) is 0 Å². The van der Waals surface area contributed by atoms with E-state index in [0.29, 0.717) is 19.6 Å². The molecule has 6 heteroatoms. The second kappa shape index (κ2) is 4.69. The van der Waals surface area contributed by atoms with Crippen molar-refractivity contribution in [2.24, 2.45) is 22.0 Å². The van der Waals surface area contributed by atoms with Gasteiger partial charge in [-0.1, -0.05) is 20.3 Å². The standard InChI is InChI=1S/C15H22N4O2/c1-5-8-12(4)13(9-16)11(18)19-15(20-6-2,21-7-3)14(12,13)10-17/h5-8H2,1-4H3,(H2,18,19)/p+1/t12-,13+,14-/m1/s1. The fraction of sp³-hybridized carbons (Fsp3) is 0.800. The normalized spacial score (nSPS) is 39.0.